The van der Waals surface area contributed by atoms with Crippen molar-refractivity contribution < 1.29 is 5.11 Å². The lowest BCUT2D eigenvalue weighted by molar-refractivity contribution is 0.475. The molecule has 94 valence electrons. The van der Waals surface area contributed by atoms with E-state index in [1.807, 2.05) is 12.1 Å². The summed E-state index contributed by atoms with van der Waals surface area (Å²) in [7, 11) is 0. The molecule has 0 saturated heterocycles. The fourth-order valence-corrected chi connectivity index (χ4v) is 2.70. The van der Waals surface area contributed by atoms with E-state index in [1.54, 1.807) is 23.5 Å². The highest BCUT2D eigenvalue weighted by atomic mass is 32.1. The predicted octanol–water partition coefficient (Wildman–Crippen LogP) is 4.49. The number of aromatic hydroxyl groups is 1. The highest BCUT2D eigenvalue weighted by Crippen LogP contribution is 2.29. The van der Waals surface area contributed by atoms with E-state index < -0.39 is 0 Å². The molecule has 0 fully saturated rings. The van der Waals surface area contributed by atoms with E-state index in [0.29, 0.717) is 0 Å². The fourth-order valence-electron chi connectivity index (χ4n) is 1.87. The van der Waals surface area contributed by atoms with Crippen molar-refractivity contribution in [2.45, 2.75) is 6.92 Å². The SMILES string of the molecule is Cc1ccc(-c2csc(-c3ccc(O)cc3)n2)cc1. The van der Waals surface area contributed by atoms with Gasteiger partial charge in [0.05, 0.1) is 5.69 Å². The average molecular weight is 267 g/mol. The summed E-state index contributed by atoms with van der Waals surface area (Å²) in [5.74, 6) is 0.277. The number of aryl methyl sites for hydroxylation is 1. The molecule has 0 bridgehead atoms. The van der Waals surface area contributed by atoms with Crippen LogP contribution >= 0.6 is 11.3 Å². The van der Waals surface area contributed by atoms with Crippen molar-refractivity contribution >= 4 is 11.3 Å². The van der Waals surface area contributed by atoms with Gasteiger partial charge in [0.2, 0.25) is 0 Å². The molecule has 1 aromatic heterocycles. The van der Waals surface area contributed by atoms with Gasteiger partial charge in [0.25, 0.3) is 0 Å². The largest absolute Gasteiger partial charge is 0.508 e. The third-order valence-electron chi connectivity index (χ3n) is 2.97. The third kappa shape index (κ3) is 2.51. The Labute approximate surface area is 116 Å². The summed E-state index contributed by atoms with van der Waals surface area (Å²) >= 11 is 1.61. The van der Waals surface area contributed by atoms with Crippen LogP contribution in [0.1, 0.15) is 5.56 Å². The number of phenolic OH excluding ortho intramolecular Hbond substituents is 1. The highest BCUT2D eigenvalue weighted by Gasteiger charge is 2.06. The van der Waals surface area contributed by atoms with Gasteiger partial charge in [-0.2, -0.15) is 0 Å². The molecule has 3 rings (SSSR count). The van der Waals surface area contributed by atoms with Gasteiger partial charge < -0.3 is 5.11 Å². The number of hydrogen-bond donors (Lipinski definition) is 1. The summed E-state index contributed by atoms with van der Waals surface area (Å²) in [5, 5.41) is 12.3. The van der Waals surface area contributed by atoms with E-state index in [4.69, 9.17) is 0 Å². The minimum Gasteiger partial charge on any atom is -0.508 e. The van der Waals surface area contributed by atoms with Crippen LogP contribution in [0.3, 0.4) is 0 Å². The van der Waals surface area contributed by atoms with E-state index in [2.05, 4.69) is 41.6 Å². The first-order valence-corrected chi connectivity index (χ1v) is 6.92. The minimum absolute atomic E-state index is 0.277. The minimum atomic E-state index is 0.277. The first-order valence-electron chi connectivity index (χ1n) is 6.04. The van der Waals surface area contributed by atoms with Gasteiger partial charge in [0.15, 0.2) is 0 Å². The quantitative estimate of drug-likeness (QED) is 0.742. The first-order chi connectivity index (χ1) is 9.22. The Morgan fingerprint density at radius 3 is 2.21 bits per heavy atom. The molecule has 2 aromatic carbocycles. The fraction of sp³-hybridized carbons (Fsp3) is 0.0625. The van der Waals surface area contributed by atoms with Crippen LogP contribution in [0.4, 0.5) is 0 Å². The topological polar surface area (TPSA) is 33.1 Å². The van der Waals surface area contributed by atoms with E-state index in [1.165, 1.54) is 5.56 Å². The van der Waals surface area contributed by atoms with Gasteiger partial charge in [-0.3, -0.25) is 0 Å². The molecule has 0 unspecified atom stereocenters. The molecule has 3 aromatic rings. The van der Waals surface area contributed by atoms with E-state index >= 15 is 0 Å². The van der Waals surface area contributed by atoms with E-state index in [9.17, 15) is 5.11 Å². The lowest BCUT2D eigenvalue weighted by Gasteiger charge is -1.98. The molecule has 0 atom stereocenters. The van der Waals surface area contributed by atoms with Crippen LogP contribution in [0.2, 0.25) is 0 Å². The van der Waals surface area contributed by atoms with Crippen molar-refractivity contribution in [1.29, 1.82) is 0 Å². The standard InChI is InChI=1S/C16H13NOS/c1-11-2-4-12(5-3-11)15-10-19-16(17-15)13-6-8-14(18)9-7-13/h2-10,18H,1H3. The second-order valence-corrected chi connectivity index (χ2v) is 5.31. The van der Waals surface area contributed by atoms with Crippen molar-refractivity contribution in [3.63, 3.8) is 0 Å². The van der Waals surface area contributed by atoms with Crippen molar-refractivity contribution in [1.82, 2.24) is 4.98 Å². The van der Waals surface area contributed by atoms with Crippen molar-refractivity contribution in [3.05, 3.63) is 59.5 Å². The molecule has 19 heavy (non-hydrogen) atoms. The maximum Gasteiger partial charge on any atom is 0.124 e. The monoisotopic (exact) mass is 267 g/mol. The van der Waals surface area contributed by atoms with Crippen molar-refractivity contribution in [2.24, 2.45) is 0 Å². The van der Waals surface area contributed by atoms with Crippen LogP contribution in [0, 0.1) is 6.92 Å². The molecular weight excluding hydrogens is 254 g/mol. The van der Waals surface area contributed by atoms with E-state index in [0.717, 1.165) is 21.8 Å². The Morgan fingerprint density at radius 1 is 0.895 bits per heavy atom. The second-order valence-electron chi connectivity index (χ2n) is 4.45. The molecule has 0 aliphatic carbocycles. The normalized spacial score (nSPS) is 10.6. The molecule has 0 aliphatic rings. The van der Waals surface area contributed by atoms with E-state index in [-0.39, 0.29) is 5.75 Å². The van der Waals surface area contributed by atoms with Crippen LogP contribution in [0.5, 0.6) is 5.75 Å². The Bertz CT molecular complexity index is 624. The summed E-state index contributed by atoms with van der Waals surface area (Å²) in [6, 6.07) is 15.5. The number of thiazole rings is 1. The Morgan fingerprint density at radius 2 is 1.53 bits per heavy atom. The smallest absolute Gasteiger partial charge is 0.124 e. The zero-order valence-electron chi connectivity index (χ0n) is 10.5. The van der Waals surface area contributed by atoms with Crippen LogP contribution in [0.15, 0.2) is 53.9 Å². The molecular formula is C16H13NOS. The van der Waals surface area contributed by atoms with Gasteiger partial charge in [-0.25, -0.2) is 4.98 Å². The lowest BCUT2D eigenvalue weighted by atomic mass is 10.1. The molecule has 1 N–H and O–H groups in total. The number of hydrogen-bond acceptors (Lipinski definition) is 3. The summed E-state index contributed by atoms with van der Waals surface area (Å²) in [5.41, 5.74) is 4.40. The lowest BCUT2D eigenvalue weighted by Crippen LogP contribution is -1.80. The van der Waals surface area contributed by atoms with Crippen LogP contribution in [-0.4, -0.2) is 10.1 Å². The van der Waals surface area contributed by atoms with Gasteiger partial charge in [-0.05, 0) is 31.2 Å². The highest BCUT2D eigenvalue weighted by molar-refractivity contribution is 7.13. The van der Waals surface area contributed by atoms with Crippen LogP contribution in [0.25, 0.3) is 21.8 Å². The first kappa shape index (κ1) is 11.9. The number of rotatable bonds is 2. The summed E-state index contributed by atoms with van der Waals surface area (Å²) in [6.45, 7) is 2.08. The number of aromatic nitrogens is 1. The zero-order chi connectivity index (χ0) is 13.2. The van der Waals surface area contributed by atoms with Crippen LogP contribution < -0.4 is 0 Å². The maximum atomic E-state index is 9.30. The van der Waals surface area contributed by atoms with Crippen LogP contribution in [-0.2, 0) is 0 Å². The Balaban J connectivity index is 1.95. The molecule has 3 heteroatoms. The van der Waals surface area contributed by atoms with Gasteiger partial charge in [0, 0.05) is 16.5 Å². The van der Waals surface area contributed by atoms with Gasteiger partial charge in [0.1, 0.15) is 10.8 Å². The molecule has 2 nitrogen and oxygen atoms in total. The zero-order valence-corrected chi connectivity index (χ0v) is 11.3. The maximum absolute atomic E-state index is 9.30. The summed E-state index contributed by atoms with van der Waals surface area (Å²) in [6.07, 6.45) is 0. The Kier molecular flexibility index (Phi) is 3.05. The number of phenols is 1. The molecule has 0 radical (unpaired) electrons. The third-order valence-corrected chi connectivity index (χ3v) is 3.86. The predicted molar refractivity (Wildman–Crippen MR) is 79.4 cm³/mol. The average Bonchev–Trinajstić information content (AvgIpc) is 2.90. The number of nitrogens with zero attached hydrogens (tertiary/aromatic N) is 1. The Hall–Kier alpha value is -2.13. The van der Waals surface area contributed by atoms with Crippen molar-refractivity contribution in [2.75, 3.05) is 0 Å². The van der Waals surface area contributed by atoms with Gasteiger partial charge in [-0.15, -0.1) is 11.3 Å². The molecule has 0 amide bonds. The van der Waals surface area contributed by atoms with Crippen molar-refractivity contribution in [3.8, 4) is 27.6 Å². The summed E-state index contributed by atoms with van der Waals surface area (Å²) in [4.78, 5) is 4.65. The second kappa shape index (κ2) is 4.86. The van der Waals surface area contributed by atoms with Gasteiger partial charge in [-0.1, -0.05) is 29.8 Å². The summed E-state index contributed by atoms with van der Waals surface area (Å²) < 4.78 is 0. The van der Waals surface area contributed by atoms with Gasteiger partial charge >= 0.3 is 0 Å². The molecule has 0 aliphatic heterocycles. The number of benzene rings is 2. The molecule has 1 heterocycles. The molecule has 0 spiro atoms. The molecule has 0 saturated carbocycles.